The monoisotopic (exact) mass is 392 g/mol. The number of thiophene rings is 1. The van der Waals surface area contributed by atoms with E-state index in [9.17, 15) is 4.79 Å². The zero-order valence-corrected chi connectivity index (χ0v) is 17.7. The number of nitrogens with one attached hydrogen (secondary N) is 1. The van der Waals surface area contributed by atoms with Gasteiger partial charge in [-0.2, -0.15) is 0 Å². The molecular formula is C21H29ClN2OS. The Kier molecular flexibility index (Phi) is 5.40. The summed E-state index contributed by atoms with van der Waals surface area (Å²) in [6.07, 6.45) is 2.41. The molecule has 5 heteroatoms. The lowest BCUT2D eigenvalue weighted by molar-refractivity contribution is -0.0377. The van der Waals surface area contributed by atoms with E-state index in [2.05, 4.69) is 62.2 Å². The van der Waals surface area contributed by atoms with Gasteiger partial charge in [-0.15, -0.1) is 23.7 Å². The fourth-order valence-corrected chi connectivity index (χ4v) is 5.97. The summed E-state index contributed by atoms with van der Waals surface area (Å²) in [5.74, 6) is 1.19. The van der Waals surface area contributed by atoms with Crippen LogP contribution in [0.3, 0.4) is 0 Å². The number of halogens is 1. The summed E-state index contributed by atoms with van der Waals surface area (Å²) in [4.78, 5) is 16.4. The van der Waals surface area contributed by atoms with Gasteiger partial charge in [-0.3, -0.25) is 9.69 Å². The van der Waals surface area contributed by atoms with Crippen molar-refractivity contribution in [2.24, 2.45) is 5.92 Å². The summed E-state index contributed by atoms with van der Waals surface area (Å²) in [5.41, 5.74) is 1.39. The third kappa shape index (κ3) is 3.17. The number of hydrogen-bond donors (Lipinski definition) is 1. The molecule has 1 amide bonds. The third-order valence-corrected chi connectivity index (χ3v) is 7.49. The van der Waals surface area contributed by atoms with Gasteiger partial charge in [0.25, 0.3) is 5.91 Å². The maximum atomic E-state index is 13.0. The minimum Gasteiger partial charge on any atom is -0.346 e. The summed E-state index contributed by atoms with van der Waals surface area (Å²) >= 11 is 1.64. The fraction of sp³-hybridized carbons (Fsp3) is 0.571. The molecule has 0 radical (unpaired) electrons. The largest absolute Gasteiger partial charge is 0.346 e. The molecular weight excluding hydrogens is 364 g/mol. The molecule has 3 fully saturated rings. The van der Waals surface area contributed by atoms with E-state index in [1.807, 2.05) is 0 Å². The van der Waals surface area contributed by atoms with Crippen LogP contribution in [0.2, 0.25) is 0 Å². The van der Waals surface area contributed by atoms with Crippen molar-refractivity contribution in [2.75, 3.05) is 13.1 Å². The summed E-state index contributed by atoms with van der Waals surface area (Å²) < 4.78 is 1.26. The van der Waals surface area contributed by atoms with Crippen molar-refractivity contribution in [3.05, 3.63) is 34.7 Å². The van der Waals surface area contributed by atoms with Crippen LogP contribution in [0.15, 0.2) is 24.3 Å². The van der Waals surface area contributed by atoms with E-state index in [1.54, 1.807) is 11.3 Å². The zero-order valence-electron chi connectivity index (χ0n) is 16.0. The van der Waals surface area contributed by atoms with Gasteiger partial charge in [0.15, 0.2) is 0 Å². The predicted molar refractivity (Wildman–Crippen MR) is 113 cm³/mol. The third-order valence-electron chi connectivity index (χ3n) is 6.29. The molecule has 0 unspecified atom stereocenters. The topological polar surface area (TPSA) is 32.3 Å². The predicted octanol–water partition coefficient (Wildman–Crippen LogP) is 5.05. The molecule has 142 valence electrons. The van der Waals surface area contributed by atoms with Gasteiger partial charge in [-0.25, -0.2) is 0 Å². The van der Waals surface area contributed by atoms with Crippen molar-refractivity contribution in [1.82, 2.24) is 10.2 Å². The Morgan fingerprint density at radius 2 is 1.96 bits per heavy atom. The van der Waals surface area contributed by atoms with Gasteiger partial charge in [0.2, 0.25) is 0 Å². The van der Waals surface area contributed by atoms with Crippen LogP contribution < -0.4 is 5.32 Å². The molecule has 0 saturated carbocycles. The SMILES string of the molecule is CC(C)c1cccc2cc(C(=O)N[C@@H]3C4CCN(CC4)C3(C)C)sc12.Cl. The first-order chi connectivity index (χ1) is 11.9. The minimum absolute atomic E-state index is 0. The number of rotatable bonds is 3. The van der Waals surface area contributed by atoms with Crippen molar-refractivity contribution in [3.63, 3.8) is 0 Å². The highest BCUT2D eigenvalue weighted by atomic mass is 35.5. The molecule has 3 nitrogen and oxygen atoms in total. The Morgan fingerprint density at radius 1 is 1.27 bits per heavy atom. The van der Waals surface area contributed by atoms with Crippen molar-refractivity contribution >= 4 is 39.7 Å². The second-order valence-corrected chi connectivity index (χ2v) is 9.51. The maximum Gasteiger partial charge on any atom is 0.261 e. The average molecular weight is 393 g/mol. The van der Waals surface area contributed by atoms with E-state index < -0.39 is 0 Å². The summed E-state index contributed by atoms with van der Waals surface area (Å²) in [6.45, 7) is 11.3. The van der Waals surface area contributed by atoms with E-state index >= 15 is 0 Å². The molecule has 1 atom stereocenters. The first-order valence-corrected chi connectivity index (χ1v) is 10.3. The minimum atomic E-state index is 0. The molecule has 1 N–H and O–H groups in total. The molecule has 0 spiro atoms. The Labute approximate surface area is 166 Å². The van der Waals surface area contributed by atoms with Crippen LogP contribution in [0.4, 0.5) is 0 Å². The Bertz CT molecular complexity index is 805. The van der Waals surface area contributed by atoms with Crippen LogP contribution >= 0.6 is 23.7 Å². The van der Waals surface area contributed by atoms with Crippen LogP contribution in [-0.4, -0.2) is 35.5 Å². The van der Waals surface area contributed by atoms with Crippen LogP contribution in [0.5, 0.6) is 0 Å². The summed E-state index contributed by atoms with van der Waals surface area (Å²) in [5, 5.41) is 4.59. The Hall–Kier alpha value is -1.10. The molecule has 3 aliphatic rings. The molecule has 3 aliphatic heterocycles. The fourth-order valence-electron chi connectivity index (χ4n) is 4.74. The van der Waals surface area contributed by atoms with Crippen LogP contribution in [0, 0.1) is 5.92 Å². The van der Waals surface area contributed by atoms with Gasteiger partial charge < -0.3 is 5.32 Å². The molecule has 5 rings (SSSR count). The molecule has 3 saturated heterocycles. The average Bonchev–Trinajstić information content (AvgIpc) is 3.02. The maximum absolute atomic E-state index is 13.0. The second-order valence-electron chi connectivity index (χ2n) is 8.46. The Morgan fingerprint density at radius 3 is 2.58 bits per heavy atom. The number of fused-ring (bicyclic) bond motifs is 4. The van der Waals surface area contributed by atoms with Crippen LogP contribution in [0.25, 0.3) is 10.1 Å². The normalized spacial score (nSPS) is 26.7. The zero-order chi connectivity index (χ0) is 17.8. The lowest BCUT2D eigenvalue weighted by Gasteiger charge is -2.56. The number of benzene rings is 1. The molecule has 4 heterocycles. The lowest BCUT2D eigenvalue weighted by Crippen LogP contribution is -2.69. The Balaban J connectivity index is 0.00000196. The van der Waals surface area contributed by atoms with Crippen molar-refractivity contribution in [1.29, 1.82) is 0 Å². The highest BCUT2D eigenvalue weighted by molar-refractivity contribution is 7.21. The van der Waals surface area contributed by atoms with Gasteiger partial charge in [-0.05, 0) is 68.6 Å². The standard InChI is InChI=1S/C21H28N2OS.ClH/c1-13(2)16-7-5-6-15-12-17(25-18(15)16)20(24)22-19-14-8-10-23(11-9-14)21(19,3)4;/h5-7,12-14,19H,8-11H2,1-4H3,(H,22,24);1H/t19-;/m1./s1. The molecule has 0 aliphatic carbocycles. The second kappa shape index (κ2) is 7.14. The van der Waals surface area contributed by atoms with E-state index in [0.29, 0.717) is 11.8 Å². The number of carbonyl (C=O) groups excluding carboxylic acids is 1. The highest BCUT2D eigenvalue weighted by Crippen LogP contribution is 2.39. The smallest absolute Gasteiger partial charge is 0.261 e. The van der Waals surface area contributed by atoms with Crippen LogP contribution in [-0.2, 0) is 0 Å². The summed E-state index contributed by atoms with van der Waals surface area (Å²) in [7, 11) is 0. The molecule has 2 bridgehead atoms. The first-order valence-electron chi connectivity index (χ1n) is 9.46. The molecule has 1 aromatic carbocycles. The number of hydrogen-bond acceptors (Lipinski definition) is 3. The van der Waals surface area contributed by atoms with Gasteiger partial charge in [0.05, 0.1) is 4.88 Å². The number of amides is 1. The van der Waals surface area contributed by atoms with Gasteiger partial charge in [0.1, 0.15) is 0 Å². The highest BCUT2D eigenvalue weighted by Gasteiger charge is 2.48. The van der Waals surface area contributed by atoms with E-state index in [0.717, 1.165) is 4.88 Å². The van der Waals surface area contributed by atoms with Gasteiger partial charge >= 0.3 is 0 Å². The van der Waals surface area contributed by atoms with E-state index in [-0.39, 0.29) is 29.9 Å². The first kappa shape index (κ1) is 19.7. The number of nitrogens with zero attached hydrogens (tertiary/aromatic N) is 1. The quantitative estimate of drug-likeness (QED) is 0.792. The molecule has 2 aromatic rings. The number of piperidine rings is 3. The van der Waals surface area contributed by atoms with E-state index in [1.165, 1.54) is 41.6 Å². The number of carbonyl (C=O) groups is 1. The lowest BCUT2D eigenvalue weighted by atomic mass is 9.72. The summed E-state index contributed by atoms with van der Waals surface area (Å²) in [6, 6.07) is 8.71. The van der Waals surface area contributed by atoms with Crippen molar-refractivity contribution in [2.45, 2.75) is 58.0 Å². The van der Waals surface area contributed by atoms with Crippen molar-refractivity contribution in [3.8, 4) is 0 Å². The van der Waals surface area contributed by atoms with Gasteiger partial charge in [-0.1, -0.05) is 32.0 Å². The van der Waals surface area contributed by atoms with Crippen LogP contribution in [0.1, 0.15) is 61.7 Å². The van der Waals surface area contributed by atoms with Gasteiger partial charge in [0, 0.05) is 16.3 Å². The van der Waals surface area contributed by atoms with E-state index in [4.69, 9.17) is 0 Å². The van der Waals surface area contributed by atoms with Crippen molar-refractivity contribution < 1.29 is 4.79 Å². The molecule has 1 aromatic heterocycles. The molecule has 26 heavy (non-hydrogen) atoms.